The van der Waals surface area contributed by atoms with Crippen molar-refractivity contribution in [2.75, 3.05) is 0 Å². The van der Waals surface area contributed by atoms with Crippen molar-refractivity contribution in [1.82, 2.24) is 5.32 Å². The molecule has 17 heavy (non-hydrogen) atoms. The second kappa shape index (κ2) is 3.86. The third-order valence-electron chi connectivity index (χ3n) is 4.45. The van der Waals surface area contributed by atoms with Crippen LogP contribution in [0.1, 0.15) is 44.2 Å². The predicted molar refractivity (Wildman–Crippen MR) is 67.4 cm³/mol. The fourth-order valence-corrected chi connectivity index (χ4v) is 3.72. The summed E-state index contributed by atoms with van der Waals surface area (Å²) in [5.41, 5.74) is 1.46. The van der Waals surface area contributed by atoms with Gasteiger partial charge in [0, 0.05) is 11.8 Å². The van der Waals surface area contributed by atoms with Crippen LogP contribution < -0.4 is 5.32 Å². The Morgan fingerprint density at radius 1 is 1.29 bits per heavy atom. The second-order valence-corrected chi connectivity index (χ2v) is 5.80. The monoisotopic (exact) mass is 229 g/mol. The zero-order valence-electron chi connectivity index (χ0n) is 10.3. The minimum Gasteiger partial charge on any atom is -0.349 e. The number of nitrogens with one attached hydrogen (secondary N) is 1. The summed E-state index contributed by atoms with van der Waals surface area (Å²) < 4.78 is 0. The van der Waals surface area contributed by atoms with Crippen molar-refractivity contribution >= 4 is 5.91 Å². The van der Waals surface area contributed by atoms with Gasteiger partial charge in [-0.05, 0) is 24.3 Å². The van der Waals surface area contributed by atoms with Crippen molar-refractivity contribution in [2.45, 2.75) is 38.6 Å². The molecule has 1 aliphatic heterocycles. The molecule has 2 heteroatoms. The maximum atomic E-state index is 11.8. The molecule has 1 N–H and O–H groups in total. The molecule has 1 aromatic carbocycles. The van der Waals surface area contributed by atoms with Crippen LogP contribution >= 0.6 is 0 Å². The van der Waals surface area contributed by atoms with E-state index in [4.69, 9.17) is 0 Å². The van der Waals surface area contributed by atoms with Gasteiger partial charge in [0.2, 0.25) is 5.91 Å². The van der Waals surface area contributed by atoms with Gasteiger partial charge in [0.05, 0.1) is 6.04 Å². The Balaban J connectivity index is 1.95. The van der Waals surface area contributed by atoms with E-state index in [0.29, 0.717) is 0 Å². The van der Waals surface area contributed by atoms with Gasteiger partial charge >= 0.3 is 0 Å². The molecular weight excluding hydrogens is 210 g/mol. The van der Waals surface area contributed by atoms with Crippen LogP contribution in [0.5, 0.6) is 0 Å². The smallest absolute Gasteiger partial charge is 0.221 e. The Hall–Kier alpha value is -1.31. The number of amides is 1. The van der Waals surface area contributed by atoms with Gasteiger partial charge < -0.3 is 5.32 Å². The Morgan fingerprint density at radius 2 is 2.06 bits per heavy atom. The first kappa shape index (κ1) is 10.8. The van der Waals surface area contributed by atoms with Gasteiger partial charge in [0.15, 0.2) is 0 Å². The molecule has 2 nitrogen and oxygen atoms in total. The number of rotatable bonds is 1. The van der Waals surface area contributed by atoms with Crippen LogP contribution in [0, 0.1) is 11.3 Å². The van der Waals surface area contributed by atoms with Gasteiger partial charge in [0.25, 0.3) is 0 Å². The van der Waals surface area contributed by atoms with E-state index in [1.807, 2.05) is 6.07 Å². The van der Waals surface area contributed by atoms with Gasteiger partial charge in [-0.25, -0.2) is 0 Å². The Labute approximate surface area is 102 Å². The summed E-state index contributed by atoms with van der Waals surface area (Å²) in [5.74, 6) is 0.988. The van der Waals surface area contributed by atoms with Gasteiger partial charge in [-0.15, -0.1) is 0 Å². The molecule has 1 aliphatic carbocycles. The fourth-order valence-electron chi connectivity index (χ4n) is 3.72. The molecule has 2 fully saturated rings. The summed E-state index contributed by atoms with van der Waals surface area (Å²) in [7, 11) is 0. The van der Waals surface area contributed by atoms with E-state index in [1.54, 1.807) is 0 Å². The van der Waals surface area contributed by atoms with E-state index in [0.717, 1.165) is 12.3 Å². The topological polar surface area (TPSA) is 29.1 Å². The van der Waals surface area contributed by atoms with E-state index in [-0.39, 0.29) is 17.4 Å². The van der Waals surface area contributed by atoms with Crippen LogP contribution in [0.2, 0.25) is 0 Å². The highest BCUT2D eigenvalue weighted by atomic mass is 16.2. The van der Waals surface area contributed by atoms with E-state index in [9.17, 15) is 4.79 Å². The zero-order valence-corrected chi connectivity index (χ0v) is 10.3. The summed E-state index contributed by atoms with van der Waals surface area (Å²) in [6, 6.07) is 10.7. The molecule has 3 rings (SSSR count). The van der Waals surface area contributed by atoms with Crippen LogP contribution in [-0.2, 0) is 4.79 Å². The Morgan fingerprint density at radius 3 is 2.71 bits per heavy atom. The van der Waals surface area contributed by atoms with Crippen molar-refractivity contribution in [3.63, 3.8) is 0 Å². The van der Waals surface area contributed by atoms with E-state index < -0.39 is 0 Å². The van der Waals surface area contributed by atoms with Crippen LogP contribution in [0.15, 0.2) is 30.3 Å². The molecule has 1 aromatic rings. The van der Waals surface area contributed by atoms with Crippen LogP contribution in [-0.4, -0.2) is 5.91 Å². The number of hydrogen-bond donors (Lipinski definition) is 1. The highest BCUT2D eigenvalue weighted by molar-refractivity contribution is 5.80. The van der Waals surface area contributed by atoms with Crippen LogP contribution in [0.25, 0.3) is 0 Å². The second-order valence-electron chi connectivity index (χ2n) is 5.80. The lowest BCUT2D eigenvalue weighted by Crippen LogP contribution is -2.27. The molecule has 1 heterocycles. The maximum Gasteiger partial charge on any atom is 0.221 e. The lowest BCUT2D eigenvalue weighted by Gasteiger charge is -2.30. The summed E-state index contributed by atoms with van der Waals surface area (Å²) in [5, 5.41) is 3.18. The summed E-state index contributed by atoms with van der Waals surface area (Å²) >= 11 is 0. The quantitative estimate of drug-likeness (QED) is 0.788. The van der Waals surface area contributed by atoms with Crippen molar-refractivity contribution in [2.24, 2.45) is 11.3 Å². The van der Waals surface area contributed by atoms with Crippen LogP contribution in [0.4, 0.5) is 0 Å². The minimum absolute atomic E-state index is 0.192. The van der Waals surface area contributed by atoms with E-state index in [2.05, 4.69) is 36.5 Å². The molecule has 3 unspecified atom stereocenters. The molecule has 0 radical (unpaired) electrons. The first-order valence-corrected chi connectivity index (χ1v) is 6.54. The highest BCUT2D eigenvalue weighted by Gasteiger charge is 2.50. The number of hydrogen-bond acceptors (Lipinski definition) is 1. The molecule has 1 amide bonds. The third-order valence-corrected chi connectivity index (χ3v) is 4.45. The van der Waals surface area contributed by atoms with Crippen molar-refractivity contribution in [3.8, 4) is 0 Å². The van der Waals surface area contributed by atoms with Gasteiger partial charge in [-0.2, -0.15) is 0 Å². The summed E-state index contributed by atoms with van der Waals surface area (Å²) in [4.78, 5) is 11.8. The summed E-state index contributed by atoms with van der Waals surface area (Å²) in [6.45, 7) is 2.31. The molecule has 3 atom stereocenters. The molecule has 1 spiro atoms. The number of benzene rings is 1. The minimum atomic E-state index is 0.192. The molecule has 1 saturated heterocycles. The SMILES string of the molecule is CC1CCC2(CC(=O)NC2c2ccccc2)C1. The fraction of sp³-hybridized carbons (Fsp3) is 0.533. The van der Waals surface area contributed by atoms with Crippen molar-refractivity contribution in [1.29, 1.82) is 0 Å². The van der Waals surface area contributed by atoms with Gasteiger partial charge in [-0.3, -0.25) is 4.79 Å². The molecule has 0 bridgehead atoms. The third kappa shape index (κ3) is 1.76. The predicted octanol–water partition coefficient (Wildman–Crippen LogP) is 3.05. The van der Waals surface area contributed by atoms with Gasteiger partial charge in [0.1, 0.15) is 0 Å². The van der Waals surface area contributed by atoms with Crippen molar-refractivity contribution < 1.29 is 4.79 Å². The van der Waals surface area contributed by atoms with Crippen molar-refractivity contribution in [3.05, 3.63) is 35.9 Å². The highest BCUT2D eigenvalue weighted by Crippen LogP contribution is 2.54. The molecule has 0 aromatic heterocycles. The molecule has 90 valence electrons. The molecule has 2 aliphatic rings. The van der Waals surface area contributed by atoms with E-state index in [1.165, 1.54) is 24.8 Å². The Bertz CT molecular complexity index is 428. The first-order valence-electron chi connectivity index (χ1n) is 6.54. The standard InChI is InChI=1S/C15H19NO/c1-11-7-8-15(9-11)10-13(17)16-14(15)12-5-3-2-4-6-12/h2-6,11,14H,7-10H2,1H3,(H,16,17). The Kier molecular flexibility index (Phi) is 2.46. The largest absolute Gasteiger partial charge is 0.349 e. The first-order chi connectivity index (χ1) is 8.20. The van der Waals surface area contributed by atoms with E-state index >= 15 is 0 Å². The lowest BCUT2D eigenvalue weighted by atomic mass is 9.75. The van der Waals surface area contributed by atoms with Gasteiger partial charge in [-0.1, -0.05) is 43.7 Å². The lowest BCUT2D eigenvalue weighted by molar-refractivity contribution is -0.119. The van der Waals surface area contributed by atoms with Crippen LogP contribution in [0.3, 0.4) is 0 Å². The zero-order chi connectivity index (χ0) is 11.9. The average molecular weight is 229 g/mol. The molecule has 1 saturated carbocycles. The molecular formula is C15H19NO. The number of carbonyl (C=O) groups is 1. The maximum absolute atomic E-state index is 11.8. The number of carbonyl (C=O) groups excluding carboxylic acids is 1. The summed E-state index contributed by atoms with van der Waals surface area (Å²) in [6.07, 6.45) is 4.35. The average Bonchev–Trinajstić information content (AvgIpc) is 2.84. The normalized spacial score (nSPS) is 36.4.